The molecule has 0 radical (unpaired) electrons. The summed E-state index contributed by atoms with van der Waals surface area (Å²) in [6.45, 7) is 6.03. The summed E-state index contributed by atoms with van der Waals surface area (Å²) >= 11 is 0. The highest BCUT2D eigenvalue weighted by atomic mass is 16.5. The van der Waals surface area contributed by atoms with Crippen LogP contribution >= 0.6 is 0 Å². The topological polar surface area (TPSA) is 93.5 Å². The predicted octanol–water partition coefficient (Wildman–Crippen LogP) is 1.39. The van der Waals surface area contributed by atoms with Crippen molar-refractivity contribution < 1.29 is 19.1 Å². The van der Waals surface area contributed by atoms with Crippen molar-refractivity contribution in [2.24, 2.45) is 0 Å². The number of rotatable bonds is 6. The van der Waals surface area contributed by atoms with Crippen LogP contribution in [-0.4, -0.2) is 51.4 Å². The number of nitrogens with zero attached hydrogens (tertiary/aromatic N) is 3. The van der Waals surface area contributed by atoms with E-state index in [4.69, 9.17) is 4.74 Å². The first-order valence-electron chi connectivity index (χ1n) is 8.81. The molecule has 1 aromatic heterocycles. The molecule has 0 aliphatic carbocycles. The third-order valence-corrected chi connectivity index (χ3v) is 4.83. The smallest absolute Gasteiger partial charge is 0.359 e. The third-order valence-electron chi connectivity index (χ3n) is 4.83. The average Bonchev–Trinajstić information content (AvgIpc) is 3.13. The normalized spacial score (nSPS) is 18.4. The zero-order valence-corrected chi connectivity index (χ0v) is 15.8. The van der Waals surface area contributed by atoms with E-state index in [9.17, 15) is 14.4 Å². The number of fused-ring (bicyclic) bond motifs is 1. The quantitative estimate of drug-likeness (QED) is 0.602. The Morgan fingerprint density at radius 1 is 1.36 bits per heavy atom. The van der Waals surface area contributed by atoms with E-state index in [1.807, 2.05) is 30.3 Å². The predicted molar refractivity (Wildman–Crippen MR) is 101 cm³/mol. The Balaban J connectivity index is 1.91. The summed E-state index contributed by atoms with van der Waals surface area (Å²) in [4.78, 5) is 43.6. The number of amides is 2. The Bertz CT molecular complexity index is 922. The number of esters is 1. The van der Waals surface area contributed by atoms with Gasteiger partial charge in [0.2, 0.25) is 5.91 Å². The van der Waals surface area contributed by atoms with Gasteiger partial charge in [-0.3, -0.25) is 9.59 Å². The van der Waals surface area contributed by atoms with Gasteiger partial charge in [0.25, 0.3) is 5.91 Å². The SMILES string of the molecule is C=CCN1C(=O)c2c(C(=O)OC)ncn2CC1(C)C(=O)NCc1ccccc1. The fourth-order valence-electron chi connectivity index (χ4n) is 3.32. The van der Waals surface area contributed by atoms with Crippen molar-refractivity contribution in [2.75, 3.05) is 13.7 Å². The number of aromatic nitrogens is 2. The minimum atomic E-state index is -1.17. The van der Waals surface area contributed by atoms with Crippen molar-refractivity contribution in [3.8, 4) is 0 Å². The van der Waals surface area contributed by atoms with Gasteiger partial charge in [0.1, 0.15) is 11.2 Å². The Labute approximate surface area is 162 Å². The van der Waals surface area contributed by atoms with Gasteiger partial charge in [0.15, 0.2) is 5.69 Å². The molecule has 1 aromatic carbocycles. The van der Waals surface area contributed by atoms with Crippen LogP contribution < -0.4 is 5.32 Å². The number of imidazole rings is 1. The molecule has 8 heteroatoms. The molecule has 0 saturated carbocycles. The van der Waals surface area contributed by atoms with E-state index < -0.39 is 17.4 Å². The molecule has 1 atom stereocenters. The van der Waals surface area contributed by atoms with Crippen LogP contribution in [0.1, 0.15) is 33.5 Å². The van der Waals surface area contributed by atoms with Gasteiger partial charge in [-0.2, -0.15) is 0 Å². The van der Waals surface area contributed by atoms with E-state index in [0.717, 1.165) is 5.56 Å². The summed E-state index contributed by atoms with van der Waals surface area (Å²) in [6, 6.07) is 9.50. The van der Waals surface area contributed by atoms with E-state index in [1.54, 1.807) is 13.0 Å². The summed E-state index contributed by atoms with van der Waals surface area (Å²) < 4.78 is 6.23. The lowest BCUT2D eigenvalue weighted by Gasteiger charge is -2.43. The van der Waals surface area contributed by atoms with Crippen LogP contribution in [-0.2, 0) is 22.6 Å². The van der Waals surface area contributed by atoms with E-state index in [2.05, 4.69) is 16.9 Å². The number of hydrogen-bond donors (Lipinski definition) is 1. The Kier molecular flexibility index (Phi) is 5.30. The zero-order chi connectivity index (χ0) is 20.3. The van der Waals surface area contributed by atoms with Gasteiger partial charge >= 0.3 is 5.97 Å². The number of benzene rings is 1. The fraction of sp³-hybridized carbons (Fsp3) is 0.300. The highest BCUT2D eigenvalue weighted by molar-refractivity contribution is 6.06. The number of carbonyl (C=O) groups is 3. The lowest BCUT2D eigenvalue weighted by atomic mass is 9.94. The average molecular weight is 382 g/mol. The molecule has 0 bridgehead atoms. The van der Waals surface area contributed by atoms with Crippen molar-refractivity contribution in [1.29, 1.82) is 0 Å². The maximum atomic E-state index is 13.1. The molecule has 0 fully saturated rings. The van der Waals surface area contributed by atoms with Gasteiger partial charge in [0, 0.05) is 13.1 Å². The molecule has 28 heavy (non-hydrogen) atoms. The van der Waals surface area contributed by atoms with Crippen LogP contribution in [0, 0.1) is 0 Å². The third kappa shape index (κ3) is 3.28. The number of hydrogen-bond acceptors (Lipinski definition) is 5. The van der Waals surface area contributed by atoms with Gasteiger partial charge in [-0.25, -0.2) is 9.78 Å². The number of nitrogens with one attached hydrogen (secondary N) is 1. The minimum absolute atomic E-state index is 0.0618. The van der Waals surface area contributed by atoms with Crippen molar-refractivity contribution >= 4 is 17.8 Å². The molecule has 3 rings (SSSR count). The molecular weight excluding hydrogens is 360 g/mol. The Hall–Kier alpha value is -3.42. The van der Waals surface area contributed by atoms with E-state index in [-0.39, 0.29) is 30.4 Å². The van der Waals surface area contributed by atoms with Crippen molar-refractivity contribution in [3.63, 3.8) is 0 Å². The molecule has 1 unspecified atom stereocenters. The van der Waals surface area contributed by atoms with Crippen LogP contribution in [0.15, 0.2) is 49.3 Å². The van der Waals surface area contributed by atoms with Crippen LogP contribution in [0.4, 0.5) is 0 Å². The molecule has 1 N–H and O–H groups in total. The minimum Gasteiger partial charge on any atom is -0.464 e. The van der Waals surface area contributed by atoms with Gasteiger partial charge in [-0.05, 0) is 12.5 Å². The lowest BCUT2D eigenvalue weighted by molar-refractivity contribution is -0.132. The van der Waals surface area contributed by atoms with Crippen molar-refractivity contribution in [3.05, 3.63) is 66.3 Å². The summed E-state index contributed by atoms with van der Waals surface area (Å²) in [7, 11) is 1.23. The highest BCUT2D eigenvalue weighted by Gasteiger charge is 2.48. The van der Waals surface area contributed by atoms with Crippen molar-refractivity contribution in [2.45, 2.75) is 25.6 Å². The van der Waals surface area contributed by atoms with Gasteiger partial charge in [-0.15, -0.1) is 6.58 Å². The summed E-state index contributed by atoms with van der Waals surface area (Å²) in [5, 5.41) is 2.90. The van der Waals surface area contributed by atoms with E-state index in [1.165, 1.54) is 22.9 Å². The van der Waals surface area contributed by atoms with Gasteiger partial charge < -0.3 is 19.5 Å². The lowest BCUT2D eigenvalue weighted by Crippen LogP contribution is -2.64. The maximum Gasteiger partial charge on any atom is 0.359 e. The number of carbonyl (C=O) groups excluding carboxylic acids is 3. The molecule has 146 valence electrons. The molecular formula is C20H22N4O4. The fourth-order valence-corrected chi connectivity index (χ4v) is 3.32. The molecule has 2 heterocycles. The monoisotopic (exact) mass is 382 g/mol. The second kappa shape index (κ2) is 7.67. The zero-order valence-electron chi connectivity index (χ0n) is 15.8. The van der Waals surface area contributed by atoms with Crippen molar-refractivity contribution in [1.82, 2.24) is 19.8 Å². The molecule has 2 amide bonds. The van der Waals surface area contributed by atoms with Gasteiger partial charge in [-0.1, -0.05) is 36.4 Å². The summed E-state index contributed by atoms with van der Waals surface area (Å²) in [5.74, 6) is -1.47. The van der Waals surface area contributed by atoms with Crippen LogP contribution in [0.25, 0.3) is 0 Å². The summed E-state index contributed by atoms with van der Waals surface area (Å²) in [5.41, 5.74) is -0.162. The number of methoxy groups -OCH3 is 1. The molecule has 2 aromatic rings. The molecule has 0 spiro atoms. The van der Waals surface area contributed by atoms with Gasteiger partial charge in [0.05, 0.1) is 20.0 Å². The van der Waals surface area contributed by atoms with Crippen LogP contribution in [0.3, 0.4) is 0 Å². The second-order valence-corrected chi connectivity index (χ2v) is 6.71. The van der Waals surface area contributed by atoms with E-state index in [0.29, 0.717) is 6.54 Å². The standard InChI is InChI=1S/C20H22N4O4/c1-4-10-24-17(25)16-15(18(26)28-3)22-13-23(16)12-20(24,2)19(27)21-11-14-8-6-5-7-9-14/h4-9,13H,1,10-12H2,2-3H3,(H,21,27). The summed E-state index contributed by atoms with van der Waals surface area (Å²) in [6.07, 6.45) is 2.93. The first kappa shape index (κ1) is 19.3. The van der Waals surface area contributed by atoms with Crippen LogP contribution in [0.2, 0.25) is 0 Å². The molecule has 1 aliphatic heterocycles. The molecule has 8 nitrogen and oxygen atoms in total. The Morgan fingerprint density at radius 3 is 2.71 bits per heavy atom. The first-order valence-corrected chi connectivity index (χ1v) is 8.81. The van der Waals surface area contributed by atoms with Crippen LogP contribution in [0.5, 0.6) is 0 Å². The Morgan fingerprint density at radius 2 is 2.07 bits per heavy atom. The highest BCUT2D eigenvalue weighted by Crippen LogP contribution is 2.29. The maximum absolute atomic E-state index is 13.1. The molecule has 0 saturated heterocycles. The number of ether oxygens (including phenoxy) is 1. The second-order valence-electron chi connectivity index (χ2n) is 6.71. The molecule has 1 aliphatic rings. The first-order chi connectivity index (χ1) is 13.4. The van der Waals surface area contributed by atoms with E-state index >= 15 is 0 Å². The largest absolute Gasteiger partial charge is 0.464 e.